The van der Waals surface area contributed by atoms with Gasteiger partial charge in [0.2, 0.25) is 15.9 Å². The third-order valence-corrected chi connectivity index (χ3v) is 9.00. The summed E-state index contributed by atoms with van der Waals surface area (Å²) in [5.74, 6) is 0.0429. The van der Waals surface area contributed by atoms with Crippen LogP contribution in [0.2, 0.25) is 0 Å². The molecule has 3 heterocycles. The van der Waals surface area contributed by atoms with Gasteiger partial charge in [-0.3, -0.25) is 14.5 Å². The van der Waals surface area contributed by atoms with Crippen LogP contribution in [-0.4, -0.2) is 75.2 Å². The van der Waals surface area contributed by atoms with Crippen LogP contribution in [0.4, 0.5) is 0 Å². The van der Waals surface area contributed by atoms with Gasteiger partial charge >= 0.3 is 0 Å². The first-order valence-corrected chi connectivity index (χ1v) is 12.9. The highest BCUT2D eigenvalue weighted by Crippen LogP contribution is 2.25. The maximum absolute atomic E-state index is 12.9. The number of hydrogen-bond donors (Lipinski definition) is 1. The molecule has 32 heavy (non-hydrogen) atoms. The number of aryl methyl sites for hydroxylation is 2. The highest BCUT2D eigenvalue weighted by Gasteiger charge is 2.36. The van der Waals surface area contributed by atoms with E-state index >= 15 is 0 Å². The number of nitrogens with zero attached hydrogens (tertiary/aromatic N) is 4. The zero-order valence-corrected chi connectivity index (χ0v) is 19.4. The van der Waals surface area contributed by atoms with Crippen LogP contribution in [0.1, 0.15) is 23.9 Å². The molecule has 1 aromatic heterocycles. The van der Waals surface area contributed by atoms with Gasteiger partial charge in [-0.2, -0.15) is 4.31 Å². The molecule has 1 aromatic carbocycles. The smallest absolute Gasteiger partial charge is 0.263 e. The predicted octanol–water partition coefficient (Wildman–Crippen LogP) is 0.252. The maximum atomic E-state index is 12.9. The standard InChI is InChI=1S/C19H23N5O6S2/c1-12-17(14(3)30-21-12)32(28,29)24-10-8-23(9-11-24)19(25)13(2)20-18-15-6-4-5-7-16(15)31(26,27)22-18/h4-7,13H,8-11H2,1-3H3,(H,20,22)/t13-/m0/s1. The normalized spacial score (nSPS) is 20.7. The molecule has 11 nitrogen and oxygen atoms in total. The van der Waals surface area contributed by atoms with Crippen LogP contribution < -0.4 is 4.72 Å². The molecule has 2 aliphatic heterocycles. The molecule has 0 unspecified atom stereocenters. The minimum atomic E-state index is -3.78. The van der Waals surface area contributed by atoms with Crippen LogP contribution in [0.3, 0.4) is 0 Å². The monoisotopic (exact) mass is 481 g/mol. The van der Waals surface area contributed by atoms with Crippen LogP contribution in [0.25, 0.3) is 0 Å². The molecule has 1 saturated heterocycles. The lowest BCUT2D eigenvalue weighted by molar-refractivity contribution is -0.133. The molecule has 1 atom stereocenters. The molecule has 2 aliphatic rings. The summed E-state index contributed by atoms with van der Waals surface area (Å²) >= 11 is 0. The summed E-state index contributed by atoms with van der Waals surface area (Å²) in [5.41, 5.74) is 0.715. The first-order chi connectivity index (χ1) is 15.0. The molecule has 1 N–H and O–H groups in total. The first kappa shape index (κ1) is 22.4. The fraction of sp³-hybridized carbons (Fsp3) is 0.421. The van der Waals surface area contributed by atoms with Crippen LogP contribution in [0, 0.1) is 13.8 Å². The molecule has 0 bridgehead atoms. The van der Waals surface area contributed by atoms with Gasteiger partial charge in [0, 0.05) is 31.7 Å². The number of fused-ring (bicyclic) bond motifs is 1. The Bertz CT molecular complexity index is 1290. The molecule has 0 radical (unpaired) electrons. The third-order valence-electron chi connectivity index (χ3n) is 5.46. The summed E-state index contributed by atoms with van der Waals surface area (Å²) in [4.78, 5) is 18.9. The van der Waals surface area contributed by atoms with Crippen molar-refractivity contribution in [3.63, 3.8) is 0 Å². The molecule has 0 spiro atoms. The molecule has 1 fully saturated rings. The van der Waals surface area contributed by atoms with Gasteiger partial charge in [-0.05, 0) is 32.9 Å². The van der Waals surface area contributed by atoms with Crippen molar-refractivity contribution in [2.75, 3.05) is 26.2 Å². The molecule has 4 rings (SSSR count). The summed E-state index contributed by atoms with van der Waals surface area (Å²) in [6.07, 6.45) is 0. The van der Waals surface area contributed by atoms with Crippen molar-refractivity contribution in [1.82, 2.24) is 19.1 Å². The molecule has 0 aliphatic carbocycles. The molecule has 13 heteroatoms. The van der Waals surface area contributed by atoms with E-state index in [2.05, 4.69) is 14.9 Å². The highest BCUT2D eigenvalue weighted by molar-refractivity contribution is 7.90. The molecule has 0 saturated carbocycles. The van der Waals surface area contributed by atoms with Crippen molar-refractivity contribution in [3.8, 4) is 0 Å². The lowest BCUT2D eigenvalue weighted by atomic mass is 10.2. The maximum Gasteiger partial charge on any atom is 0.263 e. The largest absolute Gasteiger partial charge is 0.360 e. The van der Waals surface area contributed by atoms with E-state index in [9.17, 15) is 21.6 Å². The summed E-state index contributed by atoms with van der Waals surface area (Å²) in [6, 6.07) is 5.57. The van der Waals surface area contributed by atoms with Crippen molar-refractivity contribution in [2.24, 2.45) is 4.99 Å². The molecule has 1 amide bonds. The van der Waals surface area contributed by atoms with E-state index in [0.717, 1.165) is 0 Å². The Balaban J connectivity index is 1.46. The molecule has 2 aromatic rings. The predicted molar refractivity (Wildman–Crippen MR) is 114 cm³/mol. The van der Waals surface area contributed by atoms with Gasteiger partial charge in [-0.1, -0.05) is 17.3 Å². The molecular weight excluding hydrogens is 458 g/mol. The van der Waals surface area contributed by atoms with Gasteiger partial charge in [0.1, 0.15) is 22.5 Å². The Labute approximate surface area is 186 Å². The van der Waals surface area contributed by atoms with Crippen LogP contribution in [0.15, 0.2) is 43.6 Å². The van der Waals surface area contributed by atoms with E-state index in [1.165, 1.54) is 15.3 Å². The Morgan fingerprint density at radius 1 is 1.19 bits per heavy atom. The lowest BCUT2D eigenvalue weighted by Crippen LogP contribution is -2.52. The van der Waals surface area contributed by atoms with Gasteiger partial charge in [0.05, 0.1) is 4.90 Å². The quantitative estimate of drug-likeness (QED) is 0.660. The second-order valence-corrected chi connectivity index (χ2v) is 11.2. The van der Waals surface area contributed by atoms with Gasteiger partial charge in [-0.15, -0.1) is 0 Å². The van der Waals surface area contributed by atoms with Crippen molar-refractivity contribution in [2.45, 2.75) is 36.6 Å². The van der Waals surface area contributed by atoms with Crippen LogP contribution in [-0.2, 0) is 24.8 Å². The molecular formula is C19H23N5O6S2. The van der Waals surface area contributed by atoms with Crippen LogP contribution in [0.5, 0.6) is 0 Å². The van der Waals surface area contributed by atoms with E-state index in [4.69, 9.17) is 4.52 Å². The van der Waals surface area contributed by atoms with Crippen molar-refractivity contribution in [1.29, 1.82) is 0 Å². The van der Waals surface area contributed by atoms with Crippen LogP contribution >= 0.6 is 0 Å². The number of aromatic nitrogens is 1. The second-order valence-electron chi connectivity index (χ2n) is 7.64. The average molecular weight is 482 g/mol. The number of nitrogens with one attached hydrogen (secondary N) is 1. The summed E-state index contributed by atoms with van der Waals surface area (Å²) in [6.45, 7) is 5.32. The van der Waals surface area contributed by atoms with Crippen molar-refractivity contribution >= 4 is 31.8 Å². The fourth-order valence-corrected chi connectivity index (χ4v) is 6.82. The Kier molecular flexibility index (Phi) is 5.59. The average Bonchev–Trinajstić information content (AvgIpc) is 3.23. The number of sulfonamides is 2. The number of piperazine rings is 1. The summed E-state index contributed by atoms with van der Waals surface area (Å²) < 4.78 is 59.0. The number of benzene rings is 1. The minimum Gasteiger partial charge on any atom is -0.360 e. The number of amides is 1. The Morgan fingerprint density at radius 2 is 1.84 bits per heavy atom. The third kappa shape index (κ3) is 3.80. The number of hydrogen-bond acceptors (Lipinski definition) is 8. The van der Waals surface area contributed by atoms with E-state index in [1.807, 2.05) is 0 Å². The number of carbonyl (C=O) groups excluding carboxylic acids is 1. The Hall–Kier alpha value is -2.77. The molecule has 172 valence electrons. The Morgan fingerprint density at radius 3 is 2.47 bits per heavy atom. The van der Waals surface area contributed by atoms with E-state index in [-0.39, 0.29) is 53.5 Å². The van der Waals surface area contributed by atoms with Gasteiger partial charge in [0.15, 0.2) is 5.76 Å². The summed E-state index contributed by atoms with van der Waals surface area (Å²) in [7, 11) is -7.47. The van der Waals surface area contributed by atoms with Crippen molar-refractivity contribution in [3.05, 3.63) is 41.3 Å². The fourth-order valence-electron chi connectivity index (χ4n) is 3.86. The number of aliphatic imine (C=N–C) groups is 1. The van der Waals surface area contributed by atoms with Gasteiger partial charge in [-0.25, -0.2) is 16.8 Å². The second kappa shape index (κ2) is 7.98. The number of rotatable bonds is 4. The summed E-state index contributed by atoms with van der Waals surface area (Å²) in [5, 5.41) is 3.71. The van der Waals surface area contributed by atoms with Gasteiger partial charge < -0.3 is 9.42 Å². The number of carbonyl (C=O) groups is 1. The van der Waals surface area contributed by atoms with E-state index in [0.29, 0.717) is 11.3 Å². The zero-order valence-electron chi connectivity index (χ0n) is 17.8. The lowest BCUT2D eigenvalue weighted by Gasteiger charge is -2.34. The minimum absolute atomic E-state index is 0.0595. The van der Waals surface area contributed by atoms with Crippen molar-refractivity contribution < 1.29 is 26.2 Å². The van der Waals surface area contributed by atoms with Gasteiger partial charge in [0.25, 0.3) is 10.0 Å². The zero-order chi connectivity index (χ0) is 23.3. The highest BCUT2D eigenvalue weighted by atomic mass is 32.2. The van der Waals surface area contributed by atoms with E-state index in [1.54, 1.807) is 39.0 Å². The SMILES string of the molecule is Cc1noc(C)c1S(=O)(=O)N1CCN(C(=O)[C@H](C)N=C2NS(=O)(=O)c3ccccc32)CC1. The topological polar surface area (TPSA) is 142 Å². The van der Waals surface area contributed by atoms with E-state index < -0.39 is 26.1 Å². The number of amidine groups is 1. The first-order valence-electron chi connectivity index (χ1n) is 9.94.